The molecule has 1 amide bonds. The fourth-order valence-electron chi connectivity index (χ4n) is 2.23. The van der Waals surface area contributed by atoms with E-state index in [1.54, 1.807) is 37.4 Å². The predicted octanol–water partition coefficient (Wildman–Crippen LogP) is 4.16. The zero-order valence-electron chi connectivity index (χ0n) is 13.8. The van der Waals surface area contributed by atoms with Crippen molar-refractivity contribution in [3.63, 3.8) is 0 Å². The number of halogens is 2. The molecule has 6 nitrogen and oxygen atoms in total. The highest BCUT2D eigenvalue weighted by molar-refractivity contribution is 6.43. The van der Waals surface area contributed by atoms with Crippen molar-refractivity contribution in [1.29, 1.82) is 0 Å². The summed E-state index contributed by atoms with van der Waals surface area (Å²) in [7, 11) is 0. The van der Waals surface area contributed by atoms with E-state index in [0.29, 0.717) is 28.0 Å². The Bertz CT molecular complexity index is 934. The number of pyridine rings is 1. The lowest BCUT2D eigenvalue weighted by Gasteiger charge is -2.10. The van der Waals surface area contributed by atoms with Gasteiger partial charge in [-0.05, 0) is 37.3 Å². The first-order valence-electron chi connectivity index (χ1n) is 7.78. The smallest absolute Gasteiger partial charge is 0.270 e. The molecule has 2 N–H and O–H groups in total. The maximum Gasteiger partial charge on any atom is 0.270 e. The highest BCUT2D eigenvalue weighted by Crippen LogP contribution is 2.30. The van der Waals surface area contributed by atoms with E-state index in [0.717, 1.165) is 5.69 Å². The van der Waals surface area contributed by atoms with Gasteiger partial charge in [-0.15, -0.1) is 0 Å². The van der Waals surface area contributed by atoms with Gasteiger partial charge in [0.25, 0.3) is 5.91 Å². The molecule has 2 heterocycles. The second kappa shape index (κ2) is 8.12. The molecule has 0 fully saturated rings. The molecule has 8 heteroatoms. The van der Waals surface area contributed by atoms with Crippen LogP contribution in [0.2, 0.25) is 10.0 Å². The van der Waals surface area contributed by atoms with E-state index in [1.165, 1.54) is 0 Å². The Morgan fingerprint density at radius 1 is 1.12 bits per heavy atom. The van der Waals surface area contributed by atoms with Gasteiger partial charge in [0.15, 0.2) is 0 Å². The third-order valence-corrected chi connectivity index (χ3v) is 4.26. The fourth-order valence-corrected chi connectivity index (χ4v) is 2.57. The number of aromatic nitrogens is 3. The van der Waals surface area contributed by atoms with Crippen molar-refractivity contribution >= 4 is 40.7 Å². The van der Waals surface area contributed by atoms with Crippen molar-refractivity contribution in [1.82, 2.24) is 20.3 Å². The van der Waals surface area contributed by atoms with E-state index < -0.39 is 0 Å². The first-order valence-corrected chi connectivity index (χ1v) is 8.53. The van der Waals surface area contributed by atoms with Gasteiger partial charge in [-0.25, -0.2) is 9.97 Å². The predicted molar refractivity (Wildman–Crippen MR) is 102 cm³/mol. The van der Waals surface area contributed by atoms with E-state index in [-0.39, 0.29) is 17.5 Å². The average Bonchev–Trinajstić information content (AvgIpc) is 2.64. The average molecular weight is 388 g/mol. The minimum absolute atomic E-state index is 0.245. The van der Waals surface area contributed by atoms with Crippen LogP contribution in [0.25, 0.3) is 0 Å². The molecule has 0 unspecified atom stereocenters. The molecule has 26 heavy (non-hydrogen) atoms. The molecule has 0 saturated heterocycles. The lowest BCUT2D eigenvalue weighted by atomic mass is 10.3. The van der Waals surface area contributed by atoms with Gasteiger partial charge < -0.3 is 10.6 Å². The summed E-state index contributed by atoms with van der Waals surface area (Å²) in [5, 5.41) is 6.56. The first-order chi connectivity index (χ1) is 12.5. The second-order valence-corrected chi connectivity index (χ2v) is 6.23. The molecule has 3 rings (SSSR count). The second-order valence-electron chi connectivity index (χ2n) is 5.45. The molecule has 0 aliphatic heterocycles. The van der Waals surface area contributed by atoms with Gasteiger partial charge in [0, 0.05) is 11.9 Å². The molecule has 0 radical (unpaired) electrons. The van der Waals surface area contributed by atoms with Crippen LogP contribution >= 0.6 is 23.2 Å². The van der Waals surface area contributed by atoms with Gasteiger partial charge in [0.05, 0.1) is 28.0 Å². The summed E-state index contributed by atoms with van der Waals surface area (Å²) in [6, 6.07) is 12.3. The number of rotatable bonds is 5. The molecule has 0 aliphatic carbocycles. The summed E-state index contributed by atoms with van der Waals surface area (Å²) in [6.07, 6.45) is 1.67. The van der Waals surface area contributed by atoms with Crippen molar-refractivity contribution in [3.8, 4) is 0 Å². The zero-order chi connectivity index (χ0) is 18.5. The lowest BCUT2D eigenvalue weighted by molar-refractivity contribution is 0.0945. The maximum absolute atomic E-state index is 12.4. The van der Waals surface area contributed by atoms with Crippen LogP contribution < -0.4 is 10.6 Å². The Labute approximate surface area is 160 Å². The van der Waals surface area contributed by atoms with Crippen LogP contribution in [0.4, 0.5) is 11.6 Å². The molecule has 132 valence electrons. The molecular formula is C18H15Cl2N5O. The number of hydrogen-bond donors (Lipinski definition) is 2. The van der Waals surface area contributed by atoms with E-state index in [2.05, 4.69) is 25.6 Å². The van der Waals surface area contributed by atoms with Crippen LogP contribution in [-0.4, -0.2) is 20.9 Å². The van der Waals surface area contributed by atoms with Crippen LogP contribution in [0.15, 0.2) is 48.7 Å². The van der Waals surface area contributed by atoms with Gasteiger partial charge in [-0.2, -0.15) is 0 Å². The summed E-state index contributed by atoms with van der Waals surface area (Å²) >= 11 is 12.2. The van der Waals surface area contributed by atoms with Crippen molar-refractivity contribution in [2.24, 2.45) is 0 Å². The molecular weight excluding hydrogens is 373 g/mol. The SMILES string of the molecule is Cc1cc(C(=O)NCc2ccccn2)nc(Nc2cccc(Cl)c2Cl)n1. The lowest BCUT2D eigenvalue weighted by Crippen LogP contribution is -2.24. The Morgan fingerprint density at radius 2 is 1.96 bits per heavy atom. The largest absolute Gasteiger partial charge is 0.345 e. The van der Waals surface area contributed by atoms with Crippen LogP contribution in [0.1, 0.15) is 21.9 Å². The van der Waals surface area contributed by atoms with Gasteiger partial charge in [-0.3, -0.25) is 9.78 Å². The topological polar surface area (TPSA) is 79.8 Å². The molecule has 0 atom stereocenters. The van der Waals surface area contributed by atoms with Crippen molar-refractivity contribution in [2.75, 3.05) is 5.32 Å². The summed E-state index contributed by atoms with van der Waals surface area (Å²) in [6.45, 7) is 2.09. The summed E-state index contributed by atoms with van der Waals surface area (Å²) in [4.78, 5) is 25.1. The van der Waals surface area contributed by atoms with E-state index >= 15 is 0 Å². The van der Waals surface area contributed by atoms with Crippen LogP contribution in [0.5, 0.6) is 0 Å². The number of hydrogen-bond acceptors (Lipinski definition) is 5. The molecule has 0 spiro atoms. The van der Waals surface area contributed by atoms with Crippen LogP contribution in [0, 0.1) is 6.92 Å². The quantitative estimate of drug-likeness (QED) is 0.686. The Morgan fingerprint density at radius 3 is 2.73 bits per heavy atom. The fraction of sp³-hybridized carbons (Fsp3) is 0.111. The number of nitrogens with zero attached hydrogens (tertiary/aromatic N) is 3. The standard InChI is InChI=1S/C18H15Cl2N5O/c1-11-9-15(17(26)22-10-12-5-2-3-8-21-12)25-18(23-11)24-14-7-4-6-13(19)16(14)20/h2-9H,10H2,1H3,(H,22,26)(H,23,24,25). The molecule has 2 aromatic heterocycles. The van der Waals surface area contributed by atoms with Crippen molar-refractivity contribution < 1.29 is 4.79 Å². The number of nitrogens with one attached hydrogen (secondary N) is 2. The number of aryl methyl sites for hydroxylation is 1. The van der Waals surface area contributed by atoms with E-state index in [4.69, 9.17) is 23.2 Å². The van der Waals surface area contributed by atoms with E-state index in [9.17, 15) is 4.79 Å². The number of amides is 1. The first kappa shape index (κ1) is 18.1. The third kappa shape index (κ3) is 4.47. The van der Waals surface area contributed by atoms with E-state index in [1.807, 2.05) is 18.2 Å². The summed E-state index contributed by atoms with van der Waals surface area (Å²) in [5.74, 6) is -0.0569. The Kier molecular flexibility index (Phi) is 5.65. The highest BCUT2D eigenvalue weighted by Gasteiger charge is 2.12. The Hall–Kier alpha value is -2.70. The molecule has 0 saturated carbocycles. The third-order valence-electron chi connectivity index (χ3n) is 3.44. The van der Waals surface area contributed by atoms with Crippen LogP contribution in [-0.2, 0) is 6.54 Å². The Balaban J connectivity index is 1.76. The minimum Gasteiger partial charge on any atom is -0.345 e. The maximum atomic E-state index is 12.4. The highest BCUT2D eigenvalue weighted by atomic mass is 35.5. The minimum atomic E-state index is -0.318. The van der Waals surface area contributed by atoms with Crippen molar-refractivity contribution in [3.05, 3.63) is 75.8 Å². The molecule has 1 aromatic carbocycles. The molecule has 3 aromatic rings. The number of carbonyl (C=O) groups is 1. The van der Waals surface area contributed by atoms with Gasteiger partial charge in [-0.1, -0.05) is 35.3 Å². The summed E-state index contributed by atoms with van der Waals surface area (Å²) in [5.41, 5.74) is 2.21. The van der Waals surface area contributed by atoms with Gasteiger partial charge in [0.2, 0.25) is 5.95 Å². The van der Waals surface area contributed by atoms with Crippen LogP contribution in [0.3, 0.4) is 0 Å². The zero-order valence-corrected chi connectivity index (χ0v) is 15.3. The normalized spacial score (nSPS) is 10.4. The number of carbonyl (C=O) groups excluding carboxylic acids is 1. The van der Waals surface area contributed by atoms with Gasteiger partial charge >= 0.3 is 0 Å². The molecule has 0 bridgehead atoms. The number of anilines is 2. The molecule has 0 aliphatic rings. The van der Waals surface area contributed by atoms with Gasteiger partial charge in [0.1, 0.15) is 5.69 Å². The summed E-state index contributed by atoms with van der Waals surface area (Å²) < 4.78 is 0. The number of benzene rings is 1. The van der Waals surface area contributed by atoms with Crippen molar-refractivity contribution in [2.45, 2.75) is 13.5 Å². The monoisotopic (exact) mass is 387 g/mol.